The third kappa shape index (κ3) is 3.21. The van der Waals surface area contributed by atoms with Crippen LogP contribution < -0.4 is 5.32 Å². The molecular formula is C19H15FN4OS. The molecule has 4 aromatic rings. The van der Waals surface area contributed by atoms with Gasteiger partial charge in [-0.3, -0.25) is 9.48 Å². The molecule has 7 heteroatoms. The number of aromatic nitrogens is 3. The predicted octanol–water partition coefficient (Wildman–Crippen LogP) is 4.26. The highest BCUT2D eigenvalue weighted by molar-refractivity contribution is 7.03. The van der Waals surface area contributed by atoms with Crippen molar-refractivity contribution >= 4 is 34.2 Å². The highest BCUT2D eigenvalue weighted by Gasteiger charge is 2.15. The minimum absolute atomic E-state index is 0.283. The Kier molecular flexibility index (Phi) is 4.45. The lowest BCUT2D eigenvalue weighted by atomic mass is 10.1. The fourth-order valence-corrected chi connectivity index (χ4v) is 3.26. The zero-order chi connectivity index (χ0) is 17.9. The molecule has 2 aromatic carbocycles. The number of fused-ring (bicyclic) bond motifs is 1. The van der Waals surface area contributed by atoms with Crippen molar-refractivity contribution in [2.24, 2.45) is 0 Å². The van der Waals surface area contributed by atoms with Crippen LogP contribution in [0.5, 0.6) is 0 Å². The zero-order valence-electron chi connectivity index (χ0n) is 13.7. The van der Waals surface area contributed by atoms with Crippen molar-refractivity contribution < 1.29 is 9.18 Å². The van der Waals surface area contributed by atoms with Crippen LogP contribution in [0.2, 0.25) is 0 Å². The third-order valence-electron chi connectivity index (χ3n) is 4.07. The van der Waals surface area contributed by atoms with E-state index in [1.165, 1.54) is 11.5 Å². The maximum Gasteiger partial charge on any atom is 0.276 e. The monoisotopic (exact) mass is 366 g/mol. The van der Waals surface area contributed by atoms with E-state index in [-0.39, 0.29) is 5.91 Å². The van der Waals surface area contributed by atoms with Crippen molar-refractivity contribution in [3.63, 3.8) is 0 Å². The molecule has 0 radical (unpaired) electrons. The molecule has 0 unspecified atom stereocenters. The predicted molar refractivity (Wildman–Crippen MR) is 100 cm³/mol. The standard InChI is InChI=1S/C19H15FN4OS/c20-11-13-5-7-14(8-6-13)12-24-17-4-2-1-3-15(17)18(22-24)21-19(25)16-9-10-26-23-16/h1-10H,11-12H2,(H,21,22,25). The molecule has 1 amide bonds. The van der Waals surface area contributed by atoms with Gasteiger partial charge in [-0.05, 0) is 40.9 Å². The van der Waals surface area contributed by atoms with E-state index in [1.807, 2.05) is 41.1 Å². The number of amides is 1. The van der Waals surface area contributed by atoms with Crippen LogP contribution in [-0.2, 0) is 13.2 Å². The first-order valence-corrected chi connectivity index (χ1v) is 8.89. The summed E-state index contributed by atoms with van der Waals surface area (Å²) in [6.07, 6.45) is 0. The number of carbonyl (C=O) groups is 1. The van der Waals surface area contributed by atoms with E-state index in [0.29, 0.717) is 23.6 Å². The van der Waals surface area contributed by atoms with E-state index in [2.05, 4.69) is 14.8 Å². The molecule has 1 N–H and O–H groups in total. The number of rotatable bonds is 5. The SMILES string of the molecule is O=C(Nc1nn(Cc2ccc(CF)cc2)c2ccccc12)c1ccsn1. The molecule has 2 heterocycles. The van der Waals surface area contributed by atoms with Crippen LogP contribution >= 0.6 is 11.5 Å². The Morgan fingerprint density at radius 3 is 2.58 bits per heavy atom. The lowest BCUT2D eigenvalue weighted by Crippen LogP contribution is -2.13. The summed E-state index contributed by atoms with van der Waals surface area (Å²) in [7, 11) is 0. The number of alkyl halides is 1. The number of hydrogen-bond acceptors (Lipinski definition) is 4. The molecule has 0 aliphatic carbocycles. The Morgan fingerprint density at radius 1 is 1.08 bits per heavy atom. The van der Waals surface area contributed by atoms with Crippen molar-refractivity contribution in [1.29, 1.82) is 0 Å². The maximum absolute atomic E-state index is 12.7. The number of benzene rings is 2. The second-order valence-corrected chi connectivity index (χ2v) is 6.48. The number of halogens is 1. The molecule has 0 spiro atoms. The first-order chi connectivity index (χ1) is 12.7. The van der Waals surface area contributed by atoms with E-state index in [0.717, 1.165) is 16.5 Å². The summed E-state index contributed by atoms with van der Waals surface area (Å²) >= 11 is 1.23. The van der Waals surface area contributed by atoms with Gasteiger partial charge in [-0.1, -0.05) is 36.4 Å². The van der Waals surface area contributed by atoms with Crippen LogP contribution in [0, 0.1) is 0 Å². The second-order valence-electron chi connectivity index (χ2n) is 5.81. The first kappa shape index (κ1) is 16.4. The highest BCUT2D eigenvalue weighted by Crippen LogP contribution is 2.24. The first-order valence-electron chi connectivity index (χ1n) is 8.05. The minimum Gasteiger partial charge on any atom is -0.303 e. The molecule has 0 aliphatic rings. The van der Waals surface area contributed by atoms with Crippen molar-refractivity contribution in [2.45, 2.75) is 13.2 Å². The summed E-state index contributed by atoms with van der Waals surface area (Å²) in [6, 6.07) is 16.7. The number of anilines is 1. The molecule has 0 saturated heterocycles. The van der Waals surface area contributed by atoms with Crippen LogP contribution in [0.3, 0.4) is 0 Å². The van der Waals surface area contributed by atoms with E-state index in [4.69, 9.17) is 0 Å². The number of nitrogens with one attached hydrogen (secondary N) is 1. The summed E-state index contributed by atoms with van der Waals surface area (Å²) in [5.41, 5.74) is 2.94. The van der Waals surface area contributed by atoms with Crippen LogP contribution in [0.15, 0.2) is 60.0 Å². The number of carbonyl (C=O) groups excluding carboxylic acids is 1. The zero-order valence-corrected chi connectivity index (χ0v) is 14.5. The number of nitrogens with zero attached hydrogens (tertiary/aromatic N) is 3. The summed E-state index contributed by atoms with van der Waals surface area (Å²) < 4.78 is 18.5. The fourth-order valence-electron chi connectivity index (χ4n) is 2.75. The van der Waals surface area contributed by atoms with Gasteiger partial charge in [0.25, 0.3) is 5.91 Å². The van der Waals surface area contributed by atoms with Crippen LogP contribution in [0.25, 0.3) is 10.9 Å². The van der Waals surface area contributed by atoms with Crippen molar-refractivity contribution in [3.05, 3.63) is 76.8 Å². The molecule has 0 atom stereocenters. The molecule has 0 aliphatic heterocycles. The average molecular weight is 366 g/mol. The summed E-state index contributed by atoms with van der Waals surface area (Å²) in [6.45, 7) is 0.0530. The molecule has 26 heavy (non-hydrogen) atoms. The molecule has 4 rings (SSSR count). The Balaban J connectivity index is 1.66. The molecule has 2 aromatic heterocycles. The van der Waals surface area contributed by atoms with Gasteiger partial charge in [0.05, 0.1) is 12.1 Å². The summed E-state index contributed by atoms with van der Waals surface area (Å²) in [5.74, 6) is 0.216. The summed E-state index contributed by atoms with van der Waals surface area (Å²) in [5, 5.41) is 10.0. The number of hydrogen-bond donors (Lipinski definition) is 1. The fraction of sp³-hybridized carbons (Fsp3) is 0.105. The van der Waals surface area contributed by atoms with Gasteiger partial charge in [0.2, 0.25) is 0 Å². The number of para-hydroxylation sites is 1. The largest absolute Gasteiger partial charge is 0.303 e. The molecule has 130 valence electrons. The smallest absolute Gasteiger partial charge is 0.276 e. The van der Waals surface area contributed by atoms with Gasteiger partial charge in [0.1, 0.15) is 12.4 Å². The van der Waals surface area contributed by atoms with Gasteiger partial charge in [-0.25, -0.2) is 4.39 Å². The van der Waals surface area contributed by atoms with Crippen molar-refractivity contribution in [1.82, 2.24) is 14.2 Å². The topological polar surface area (TPSA) is 59.8 Å². The van der Waals surface area contributed by atoms with Gasteiger partial charge in [0, 0.05) is 10.8 Å². The van der Waals surface area contributed by atoms with E-state index >= 15 is 0 Å². The molecular weight excluding hydrogens is 351 g/mol. The van der Waals surface area contributed by atoms with Gasteiger partial charge in [-0.2, -0.15) is 9.47 Å². The van der Waals surface area contributed by atoms with E-state index < -0.39 is 6.67 Å². The second kappa shape index (κ2) is 7.05. The minimum atomic E-state index is -0.474. The van der Waals surface area contributed by atoms with Crippen LogP contribution in [-0.4, -0.2) is 20.1 Å². The van der Waals surface area contributed by atoms with Crippen molar-refractivity contribution in [3.8, 4) is 0 Å². The van der Waals surface area contributed by atoms with Gasteiger partial charge < -0.3 is 5.32 Å². The quantitative estimate of drug-likeness (QED) is 0.574. The van der Waals surface area contributed by atoms with E-state index in [1.54, 1.807) is 23.6 Å². The van der Waals surface area contributed by atoms with Gasteiger partial charge in [0.15, 0.2) is 5.82 Å². The lowest BCUT2D eigenvalue weighted by molar-refractivity contribution is 0.102. The molecule has 0 fully saturated rings. The third-order valence-corrected chi connectivity index (χ3v) is 4.63. The Hall–Kier alpha value is -3.06. The Bertz CT molecular complexity index is 1040. The average Bonchev–Trinajstić information content (AvgIpc) is 3.32. The molecule has 5 nitrogen and oxygen atoms in total. The van der Waals surface area contributed by atoms with Gasteiger partial charge >= 0.3 is 0 Å². The molecule has 0 bridgehead atoms. The molecule has 0 saturated carbocycles. The summed E-state index contributed by atoms with van der Waals surface area (Å²) in [4.78, 5) is 12.3. The van der Waals surface area contributed by atoms with Crippen molar-refractivity contribution in [2.75, 3.05) is 5.32 Å². The Morgan fingerprint density at radius 2 is 1.85 bits per heavy atom. The van der Waals surface area contributed by atoms with E-state index in [9.17, 15) is 9.18 Å². The normalized spacial score (nSPS) is 11.0. The Labute approximate surface area is 153 Å². The highest BCUT2D eigenvalue weighted by atomic mass is 32.1. The lowest BCUT2D eigenvalue weighted by Gasteiger charge is -2.04. The van der Waals surface area contributed by atoms with Gasteiger partial charge in [-0.15, -0.1) is 0 Å². The maximum atomic E-state index is 12.7. The van der Waals surface area contributed by atoms with Crippen LogP contribution in [0.4, 0.5) is 10.2 Å². The van der Waals surface area contributed by atoms with Crippen LogP contribution in [0.1, 0.15) is 21.6 Å².